The summed E-state index contributed by atoms with van der Waals surface area (Å²) in [5.41, 5.74) is 3.69. The Morgan fingerprint density at radius 3 is 2.42 bits per heavy atom. The first-order chi connectivity index (χ1) is 11.6. The van der Waals surface area contributed by atoms with E-state index in [4.69, 9.17) is 4.74 Å². The van der Waals surface area contributed by atoms with Gasteiger partial charge >= 0.3 is 0 Å². The minimum Gasteiger partial charge on any atom is -0.489 e. The highest BCUT2D eigenvalue weighted by Crippen LogP contribution is 2.29. The molecule has 0 radical (unpaired) electrons. The molecule has 124 valence electrons. The molecule has 0 amide bonds. The molecular weight excluding hydrogens is 294 g/mol. The van der Waals surface area contributed by atoms with E-state index in [0.717, 1.165) is 12.3 Å². The van der Waals surface area contributed by atoms with Crippen molar-refractivity contribution in [2.75, 3.05) is 0 Å². The van der Waals surface area contributed by atoms with Gasteiger partial charge in [-0.25, -0.2) is 0 Å². The number of ether oxygens (including phenoxy) is 1. The Morgan fingerprint density at radius 1 is 0.917 bits per heavy atom. The number of rotatable bonds is 6. The van der Waals surface area contributed by atoms with Gasteiger partial charge in [0.25, 0.3) is 0 Å². The third-order valence-corrected chi connectivity index (χ3v) is 4.20. The lowest BCUT2D eigenvalue weighted by Crippen LogP contribution is -2.22. The molecule has 0 aromatic heterocycles. The van der Waals surface area contributed by atoms with Crippen LogP contribution in [0.4, 0.5) is 0 Å². The smallest absolute Gasteiger partial charge is 0.124 e. The van der Waals surface area contributed by atoms with Crippen molar-refractivity contribution >= 4 is 10.8 Å². The van der Waals surface area contributed by atoms with Crippen molar-refractivity contribution in [3.05, 3.63) is 77.4 Å². The second kappa shape index (κ2) is 7.50. The average Bonchev–Trinajstić information content (AvgIpc) is 2.59. The van der Waals surface area contributed by atoms with Crippen LogP contribution in [0.25, 0.3) is 10.8 Å². The van der Waals surface area contributed by atoms with Crippen molar-refractivity contribution in [1.82, 2.24) is 5.32 Å². The first-order valence-electron chi connectivity index (χ1n) is 8.56. The van der Waals surface area contributed by atoms with E-state index >= 15 is 0 Å². The van der Waals surface area contributed by atoms with Crippen molar-refractivity contribution in [3.8, 4) is 5.75 Å². The molecule has 0 heterocycles. The Balaban J connectivity index is 1.87. The van der Waals surface area contributed by atoms with E-state index in [1.54, 1.807) is 0 Å². The molecule has 3 aromatic rings. The van der Waals surface area contributed by atoms with Gasteiger partial charge in [-0.3, -0.25) is 0 Å². The Bertz CT molecular complexity index is 806. The standard InChI is InChI=1S/C22H25NO/c1-16(2)23-14-21-20-7-5-4-6-19(20)12-13-22(21)24-15-18-10-8-17(3)9-11-18/h4-13,16,23H,14-15H2,1-3H3. The monoisotopic (exact) mass is 319 g/mol. The highest BCUT2D eigenvalue weighted by Gasteiger charge is 2.09. The first kappa shape index (κ1) is 16.5. The summed E-state index contributed by atoms with van der Waals surface area (Å²) >= 11 is 0. The second-order valence-electron chi connectivity index (χ2n) is 6.57. The topological polar surface area (TPSA) is 21.3 Å². The summed E-state index contributed by atoms with van der Waals surface area (Å²) in [6, 6.07) is 21.7. The fourth-order valence-electron chi connectivity index (χ4n) is 2.79. The molecule has 0 atom stereocenters. The van der Waals surface area contributed by atoms with Crippen LogP contribution in [0, 0.1) is 6.92 Å². The van der Waals surface area contributed by atoms with E-state index in [1.807, 2.05) is 0 Å². The Hall–Kier alpha value is -2.32. The second-order valence-corrected chi connectivity index (χ2v) is 6.57. The number of aryl methyl sites for hydroxylation is 1. The largest absolute Gasteiger partial charge is 0.489 e. The highest BCUT2D eigenvalue weighted by molar-refractivity contribution is 5.87. The van der Waals surface area contributed by atoms with Gasteiger partial charge < -0.3 is 10.1 Å². The van der Waals surface area contributed by atoms with E-state index in [9.17, 15) is 0 Å². The van der Waals surface area contributed by atoms with Gasteiger partial charge in [-0.1, -0.05) is 74.0 Å². The van der Waals surface area contributed by atoms with Crippen LogP contribution in [0.2, 0.25) is 0 Å². The summed E-state index contributed by atoms with van der Waals surface area (Å²) in [6.45, 7) is 7.83. The predicted molar refractivity (Wildman–Crippen MR) is 101 cm³/mol. The molecule has 0 bridgehead atoms. The molecule has 0 saturated carbocycles. The van der Waals surface area contributed by atoms with Crippen LogP contribution < -0.4 is 10.1 Å². The Labute approximate surface area is 144 Å². The summed E-state index contributed by atoms with van der Waals surface area (Å²) in [7, 11) is 0. The normalized spacial score (nSPS) is 11.2. The first-order valence-corrected chi connectivity index (χ1v) is 8.56. The third kappa shape index (κ3) is 3.95. The summed E-state index contributed by atoms with van der Waals surface area (Å²) in [6.07, 6.45) is 0. The molecule has 3 aromatic carbocycles. The van der Waals surface area contributed by atoms with Crippen molar-refractivity contribution in [3.63, 3.8) is 0 Å². The van der Waals surface area contributed by atoms with Crippen molar-refractivity contribution < 1.29 is 4.74 Å². The summed E-state index contributed by atoms with van der Waals surface area (Å²) < 4.78 is 6.16. The van der Waals surface area contributed by atoms with Crippen LogP contribution in [0.5, 0.6) is 5.75 Å². The van der Waals surface area contributed by atoms with E-state index in [2.05, 4.69) is 86.8 Å². The van der Waals surface area contributed by atoms with Crippen LogP contribution in [0.3, 0.4) is 0 Å². The molecular formula is C22H25NO. The number of hydrogen-bond acceptors (Lipinski definition) is 2. The number of hydrogen-bond donors (Lipinski definition) is 1. The Morgan fingerprint density at radius 2 is 1.67 bits per heavy atom. The summed E-state index contributed by atoms with van der Waals surface area (Å²) in [5, 5.41) is 6.03. The molecule has 0 aliphatic carbocycles. The van der Waals surface area contributed by atoms with Crippen molar-refractivity contribution in [2.45, 2.75) is 40.0 Å². The zero-order chi connectivity index (χ0) is 16.9. The van der Waals surface area contributed by atoms with Gasteiger partial charge in [-0.05, 0) is 29.3 Å². The molecule has 3 rings (SSSR count). The van der Waals surface area contributed by atoms with Gasteiger partial charge in [0.15, 0.2) is 0 Å². The molecule has 0 aliphatic heterocycles. The molecule has 0 saturated heterocycles. The Kier molecular flexibility index (Phi) is 5.17. The minimum absolute atomic E-state index is 0.439. The van der Waals surface area contributed by atoms with Crippen molar-refractivity contribution in [1.29, 1.82) is 0 Å². The van der Waals surface area contributed by atoms with Gasteiger partial charge in [0.05, 0.1) is 0 Å². The zero-order valence-electron chi connectivity index (χ0n) is 14.7. The van der Waals surface area contributed by atoms with Crippen LogP contribution in [-0.2, 0) is 13.2 Å². The third-order valence-electron chi connectivity index (χ3n) is 4.20. The number of benzene rings is 3. The lowest BCUT2D eigenvalue weighted by molar-refractivity contribution is 0.302. The van der Waals surface area contributed by atoms with Crippen LogP contribution in [0.1, 0.15) is 30.5 Å². The van der Waals surface area contributed by atoms with E-state index < -0.39 is 0 Å². The maximum atomic E-state index is 6.16. The molecule has 2 heteroatoms. The molecule has 0 unspecified atom stereocenters. The molecule has 1 N–H and O–H groups in total. The van der Waals surface area contributed by atoms with Gasteiger partial charge in [0.1, 0.15) is 12.4 Å². The van der Waals surface area contributed by atoms with Gasteiger partial charge in [-0.15, -0.1) is 0 Å². The summed E-state index contributed by atoms with van der Waals surface area (Å²) in [4.78, 5) is 0. The average molecular weight is 319 g/mol. The van der Waals surface area contributed by atoms with Gasteiger partial charge in [0.2, 0.25) is 0 Å². The van der Waals surface area contributed by atoms with E-state index in [0.29, 0.717) is 12.6 Å². The quantitative estimate of drug-likeness (QED) is 0.672. The lowest BCUT2D eigenvalue weighted by atomic mass is 10.0. The SMILES string of the molecule is Cc1ccc(COc2ccc3ccccc3c2CNC(C)C)cc1. The van der Waals surface area contributed by atoms with Crippen LogP contribution >= 0.6 is 0 Å². The van der Waals surface area contributed by atoms with Gasteiger partial charge in [-0.2, -0.15) is 0 Å². The minimum atomic E-state index is 0.439. The predicted octanol–water partition coefficient (Wildman–Crippen LogP) is 5.23. The number of fused-ring (bicyclic) bond motifs is 1. The highest BCUT2D eigenvalue weighted by atomic mass is 16.5. The van der Waals surface area contributed by atoms with Crippen LogP contribution in [0.15, 0.2) is 60.7 Å². The van der Waals surface area contributed by atoms with E-state index in [1.165, 1.54) is 27.5 Å². The fraction of sp³-hybridized carbons (Fsp3) is 0.273. The summed E-state index contributed by atoms with van der Waals surface area (Å²) in [5.74, 6) is 0.961. The van der Waals surface area contributed by atoms with Crippen LogP contribution in [-0.4, -0.2) is 6.04 Å². The number of nitrogens with one attached hydrogen (secondary N) is 1. The van der Waals surface area contributed by atoms with E-state index in [-0.39, 0.29) is 0 Å². The molecule has 0 spiro atoms. The van der Waals surface area contributed by atoms with Gasteiger partial charge in [0, 0.05) is 18.2 Å². The molecule has 2 nitrogen and oxygen atoms in total. The lowest BCUT2D eigenvalue weighted by Gasteiger charge is -2.16. The molecule has 24 heavy (non-hydrogen) atoms. The van der Waals surface area contributed by atoms with Crippen molar-refractivity contribution in [2.24, 2.45) is 0 Å². The molecule has 0 aliphatic rings. The maximum absolute atomic E-state index is 6.16. The molecule has 0 fully saturated rings. The zero-order valence-corrected chi connectivity index (χ0v) is 14.7. The fourth-order valence-corrected chi connectivity index (χ4v) is 2.79. The maximum Gasteiger partial charge on any atom is 0.124 e.